The number of nitrogens with two attached hydrogens (primary N) is 1. The van der Waals surface area contributed by atoms with Crippen molar-refractivity contribution in [1.82, 2.24) is 0 Å². The number of rotatable bonds is 3. The van der Waals surface area contributed by atoms with Crippen LogP contribution < -0.4 is 10.5 Å². The Labute approximate surface area is 116 Å². The van der Waals surface area contributed by atoms with Crippen LogP contribution in [0.4, 0.5) is 0 Å². The van der Waals surface area contributed by atoms with Gasteiger partial charge in [0.15, 0.2) is 0 Å². The standard InChI is InChI=1S/C15H15NO4/c1-8-3-10(17)6-11(4-8)20-12-5-9(2)14(15(16)19)13(18)7-12/h3-7,17-18H,1-2H3,(H2,16,19). The molecule has 2 aromatic rings. The van der Waals surface area contributed by atoms with Crippen molar-refractivity contribution in [3.8, 4) is 23.0 Å². The molecule has 0 aliphatic heterocycles. The number of hydrogen-bond donors (Lipinski definition) is 3. The van der Waals surface area contributed by atoms with Crippen LogP contribution in [0.15, 0.2) is 30.3 Å². The van der Waals surface area contributed by atoms with Crippen molar-refractivity contribution in [3.05, 3.63) is 47.0 Å². The summed E-state index contributed by atoms with van der Waals surface area (Å²) >= 11 is 0. The van der Waals surface area contributed by atoms with Crippen molar-refractivity contribution in [1.29, 1.82) is 0 Å². The second-order valence-electron chi connectivity index (χ2n) is 4.60. The number of amides is 1. The van der Waals surface area contributed by atoms with Gasteiger partial charge in [0.25, 0.3) is 5.91 Å². The summed E-state index contributed by atoms with van der Waals surface area (Å²) in [6.45, 7) is 3.48. The first-order valence-electron chi connectivity index (χ1n) is 5.99. The Bertz CT molecular complexity index is 636. The predicted molar refractivity (Wildman–Crippen MR) is 74.3 cm³/mol. The van der Waals surface area contributed by atoms with E-state index in [1.165, 1.54) is 12.1 Å². The topological polar surface area (TPSA) is 92.8 Å². The van der Waals surface area contributed by atoms with Crippen LogP contribution in [-0.4, -0.2) is 16.1 Å². The highest BCUT2D eigenvalue weighted by Crippen LogP contribution is 2.32. The van der Waals surface area contributed by atoms with Gasteiger partial charge in [0.2, 0.25) is 0 Å². The molecule has 0 aliphatic rings. The first-order valence-corrected chi connectivity index (χ1v) is 5.99. The molecule has 20 heavy (non-hydrogen) atoms. The molecule has 0 heterocycles. The average Bonchev–Trinajstić information content (AvgIpc) is 2.25. The zero-order chi connectivity index (χ0) is 14.9. The maximum absolute atomic E-state index is 11.2. The summed E-state index contributed by atoms with van der Waals surface area (Å²) in [7, 11) is 0. The van der Waals surface area contributed by atoms with Crippen LogP contribution in [0, 0.1) is 13.8 Å². The van der Waals surface area contributed by atoms with Gasteiger partial charge in [-0.3, -0.25) is 4.79 Å². The van der Waals surface area contributed by atoms with Gasteiger partial charge in [-0.2, -0.15) is 0 Å². The Kier molecular flexibility index (Phi) is 3.52. The molecule has 0 saturated heterocycles. The fourth-order valence-electron chi connectivity index (χ4n) is 2.04. The summed E-state index contributed by atoms with van der Waals surface area (Å²) in [6.07, 6.45) is 0. The first kappa shape index (κ1) is 13.7. The highest BCUT2D eigenvalue weighted by Gasteiger charge is 2.13. The van der Waals surface area contributed by atoms with Crippen LogP contribution in [0.5, 0.6) is 23.0 Å². The minimum Gasteiger partial charge on any atom is -0.508 e. The number of aryl methyl sites for hydroxylation is 2. The van der Waals surface area contributed by atoms with Gasteiger partial charge in [-0.15, -0.1) is 0 Å². The maximum Gasteiger partial charge on any atom is 0.252 e. The van der Waals surface area contributed by atoms with Crippen LogP contribution in [0.1, 0.15) is 21.5 Å². The lowest BCUT2D eigenvalue weighted by Crippen LogP contribution is -2.12. The summed E-state index contributed by atoms with van der Waals surface area (Å²) in [5.41, 5.74) is 6.62. The van der Waals surface area contributed by atoms with Crippen molar-refractivity contribution in [2.45, 2.75) is 13.8 Å². The lowest BCUT2D eigenvalue weighted by Gasteiger charge is -2.11. The Morgan fingerprint density at radius 1 is 1.05 bits per heavy atom. The van der Waals surface area contributed by atoms with Gasteiger partial charge in [0.05, 0.1) is 5.56 Å². The van der Waals surface area contributed by atoms with E-state index in [1.807, 2.05) is 6.92 Å². The van der Waals surface area contributed by atoms with Crippen LogP contribution >= 0.6 is 0 Å². The molecule has 0 spiro atoms. The van der Waals surface area contributed by atoms with E-state index >= 15 is 0 Å². The third-order valence-corrected chi connectivity index (χ3v) is 2.81. The van der Waals surface area contributed by atoms with Crippen LogP contribution in [-0.2, 0) is 0 Å². The molecule has 0 atom stereocenters. The Morgan fingerprint density at radius 3 is 2.25 bits per heavy atom. The second kappa shape index (κ2) is 5.13. The molecule has 0 saturated carbocycles. The fourth-order valence-corrected chi connectivity index (χ4v) is 2.04. The molecule has 0 aliphatic carbocycles. The van der Waals surface area contributed by atoms with Crippen LogP contribution in [0.3, 0.4) is 0 Å². The number of carbonyl (C=O) groups excluding carboxylic acids is 1. The molecule has 104 valence electrons. The normalized spacial score (nSPS) is 10.3. The minimum atomic E-state index is -0.695. The Hall–Kier alpha value is -2.69. The van der Waals surface area contributed by atoms with E-state index < -0.39 is 5.91 Å². The van der Waals surface area contributed by atoms with Crippen LogP contribution in [0.25, 0.3) is 0 Å². The van der Waals surface area contributed by atoms with Crippen molar-refractivity contribution in [2.75, 3.05) is 0 Å². The van der Waals surface area contributed by atoms with Crippen molar-refractivity contribution in [3.63, 3.8) is 0 Å². The Balaban J connectivity index is 2.37. The number of aromatic hydroxyl groups is 2. The van der Waals surface area contributed by atoms with Crippen molar-refractivity contribution < 1.29 is 19.7 Å². The van der Waals surface area contributed by atoms with Crippen LogP contribution in [0.2, 0.25) is 0 Å². The highest BCUT2D eigenvalue weighted by molar-refractivity contribution is 5.97. The maximum atomic E-state index is 11.2. The number of hydrogen-bond acceptors (Lipinski definition) is 4. The van der Waals surface area contributed by atoms with E-state index in [9.17, 15) is 15.0 Å². The van der Waals surface area contributed by atoms with Gasteiger partial charge in [-0.05, 0) is 43.2 Å². The lowest BCUT2D eigenvalue weighted by molar-refractivity contribution is 0.0997. The molecule has 0 aromatic heterocycles. The van der Waals surface area contributed by atoms with Gasteiger partial charge >= 0.3 is 0 Å². The molecule has 1 amide bonds. The SMILES string of the molecule is Cc1cc(O)cc(Oc2cc(C)c(C(N)=O)c(O)c2)c1. The fraction of sp³-hybridized carbons (Fsp3) is 0.133. The number of phenolic OH excluding ortho intramolecular Hbond substituents is 1. The molecule has 0 radical (unpaired) electrons. The number of primary amides is 1. The lowest BCUT2D eigenvalue weighted by atomic mass is 10.1. The summed E-state index contributed by atoms with van der Waals surface area (Å²) in [5, 5.41) is 19.3. The molecule has 4 N–H and O–H groups in total. The van der Waals surface area contributed by atoms with Gasteiger partial charge in [0.1, 0.15) is 23.0 Å². The Morgan fingerprint density at radius 2 is 1.70 bits per heavy atom. The van der Waals surface area contributed by atoms with Gasteiger partial charge < -0.3 is 20.7 Å². The van der Waals surface area contributed by atoms with Gasteiger partial charge in [-0.25, -0.2) is 0 Å². The third kappa shape index (κ3) is 2.83. The summed E-state index contributed by atoms with van der Waals surface area (Å²) < 4.78 is 5.56. The summed E-state index contributed by atoms with van der Waals surface area (Å²) in [5.74, 6) is -0.0399. The van der Waals surface area contributed by atoms with E-state index in [1.54, 1.807) is 25.1 Å². The average molecular weight is 273 g/mol. The first-order chi connectivity index (χ1) is 9.36. The number of carbonyl (C=O) groups is 1. The molecule has 0 unspecified atom stereocenters. The third-order valence-electron chi connectivity index (χ3n) is 2.81. The predicted octanol–water partition coefficient (Wildman–Crippen LogP) is 2.61. The summed E-state index contributed by atoms with van der Waals surface area (Å²) in [6, 6.07) is 7.72. The number of benzene rings is 2. The van der Waals surface area contributed by atoms with Crippen molar-refractivity contribution in [2.24, 2.45) is 5.73 Å². The smallest absolute Gasteiger partial charge is 0.252 e. The molecule has 0 bridgehead atoms. The second-order valence-corrected chi connectivity index (χ2v) is 4.60. The largest absolute Gasteiger partial charge is 0.508 e. The molecular formula is C15H15NO4. The molecule has 2 aromatic carbocycles. The van der Waals surface area contributed by atoms with Gasteiger partial charge in [0, 0.05) is 12.1 Å². The highest BCUT2D eigenvalue weighted by atomic mass is 16.5. The van der Waals surface area contributed by atoms with E-state index in [4.69, 9.17) is 10.5 Å². The monoisotopic (exact) mass is 273 g/mol. The van der Waals surface area contributed by atoms with Crippen molar-refractivity contribution >= 4 is 5.91 Å². The molecule has 5 nitrogen and oxygen atoms in total. The number of phenols is 2. The van der Waals surface area contributed by atoms with E-state index in [2.05, 4.69) is 0 Å². The van der Waals surface area contributed by atoms with Gasteiger partial charge in [-0.1, -0.05) is 0 Å². The zero-order valence-corrected chi connectivity index (χ0v) is 11.2. The quantitative estimate of drug-likeness (QED) is 0.801. The molecule has 2 rings (SSSR count). The molecule has 0 fully saturated rings. The van der Waals surface area contributed by atoms with E-state index in [0.29, 0.717) is 17.1 Å². The van der Waals surface area contributed by atoms with E-state index in [0.717, 1.165) is 5.56 Å². The molecular weight excluding hydrogens is 258 g/mol. The minimum absolute atomic E-state index is 0.0736. The number of ether oxygens (including phenoxy) is 1. The zero-order valence-electron chi connectivity index (χ0n) is 11.2. The summed E-state index contributed by atoms with van der Waals surface area (Å²) in [4.78, 5) is 11.2. The molecule has 5 heteroatoms. The van der Waals surface area contributed by atoms with E-state index in [-0.39, 0.29) is 17.1 Å².